The van der Waals surface area contributed by atoms with Crippen molar-refractivity contribution < 1.29 is 19.4 Å². The molecule has 0 aliphatic rings. The Morgan fingerprint density at radius 3 is 0.779 bits per heavy atom. The highest BCUT2D eigenvalue weighted by Gasteiger charge is 2.16. The third-order valence-electron chi connectivity index (χ3n) is 14.8. The van der Waals surface area contributed by atoms with E-state index in [-0.39, 0.29) is 11.9 Å². The molecule has 0 aromatic carbocycles. The molecule has 0 aromatic heterocycles. The van der Waals surface area contributed by atoms with Gasteiger partial charge in [0.1, 0.15) is 0 Å². The fourth-order valence-electron chi connectivity index (χ4n) is 9.95. The second-order valence-corrected chi connectivity index (χ2v) is 22.9. The molecule has 0 rings (SSSR count). The number of ether oxygens (including phenoxy) is 1. The summed E-state index contributed by atoms with van der Waals surface area (Å²) >= 11 is 0. The van der Waals surface area contributed by atoms with Crippen LogP contribution in [0, 0.1) is 17.8 Å². The molecule has 0 fully saturated rings. The molecule has 1 atom stereocenters. The Bertz CT molecular complexity index is 942. The van der Waals surface area contributed by atoms with Crippen molar-refractivity contribution in [3.63, 3.8) is 0 Å². The summed E-state index contributed by atoms with van der Waals surface area (Å²) in [7, 11) is 0. The maximum atomic E-state index is 11.8. The van der Waals surface area contributed by atoms with Gasteiger partial charge in [-0.25, -0.2) is 0 Å². The lowest BCUT2D eigenvalue weighted by molar-refractivity contribution is -0.144. The van der Waals surface area contributed by atoms with Crippen molar-refractivity contribution in [3.8, 4) is 0 Å². The molecule has 0 spiro atoms. The zero-order valence-electron chi connectivity index (χ0n) is 47.9. The monoisotopic (exact) mass is 961 g/mol. The van der Waals surface area contributed by atoms with Crippen LogP contribution >= 0.6 is 0 Å². The lowest BCUT2D eigenvalue weighted by atomic mass is 9.94. The highest BCUT2D eigenvalue weighted by molar-refractivity contribution is 5.70. The highest BCUT2D eigenvalue weighted by atomic mass is 16.5. The molecule has 408 valence electrons. The van der Waals surface area contributed by atoms with Crippen LogP contribution in [0.1, 0.15) is 375 Å². The SMILES string of the molecule is CCCCCCCCCCCCC(CCCCCCCCCCCCCCCC(C)C)C(=O)O.CCCCCCCCCCCCCC(=O)OCCCCCCCCCCCCCCCC(C)C. The van der Waals surface area contributed by atoms with Crippen molar-refractivity contribution in [3.05, 3.63) is 0 Å². The van der Waals surface area contributed by atoms with E-state index in [0.717, 1.165) is 50.4 Å². The molecule has 1 unspecified atom stereocenters. The summed E-state index contributed by atoms with van der Waals surface area (Å²) in [5.41, 5.74) is 0. The summed E-state index contributed by atoms with van der Waals surface area (Å²) in [5.74, 6) is 1.11. The van der Waals surface area contributed by atoms with Gasteiger partial charge < -0.3 is 9.84 Å². The predicted octanol–water partition coefficient (Wildman–Crippen LogP) is 22.9. The zero-order valence-corrected chi connectivity index (χ0v) is 47.9. The Morgan fingerprint density at radius 1 is 0.309 bits per heavy atom. The first kappa shape index (κ1) is 69.0. The van der Waals surface area contributed by atoms with E-state index < -0.39 is 5.97 Å². The molecule has 4 heteroatoms. The van der Waals surface area contributed by atoms with E-state index in [4.69, 9.17) is 4.74 Å². The molecule has 0 aliphatic heterocycles. The van der Waals surface area contributed by atoms with Crippen molar-refractivity contribution >= 4 is 11.9 Å². The summed E-state index contributed by atoms with van der Waals surface area (Å²) in [6.07, 6.45) is 68.4. The quantitative estimate of drug-likeness (QED) is 0.0487. The normalized spacial score (nSPS) is 11.9. The number of rotatable bonds is 56. The standard InChI is InChI=1S/2C32H64O2/c1-4-5-6-7-8-9-16-19-22-25-28-31(32(33)34)29-26-23-20-17-14-12-10-11-13-15-18-21-24-27-30(2)3;1-4-5-6-7-8-9-13-17-20-23-26-29-32(33)34-30-27-24-21-18-15-12-10-11-14-16-19-22-25-28-31(2)3/h30-31H,4-29H2,1-3H3,(H,33,34);31H,4-30H2,1-3H3. The van der Waals surface area contributed by atoms with Gasteiger partial charge in [0, 0.05) is 6.42 Å². The van der Waals surface area contributed by atoms with Crippen LogP contribution in [0.3, 0.4) is 0 Å². The first-order chi connectivity index (χ1) is 33.2. The van der Waals surface area contributed by atoms with Gasteiger partial charge in [-0.3, -0.25) is 9.59 Å². The van der Waals surface area contributed by atoms with E-state index in [9.17, 15) is 14.7 Å². The maximum absolute atomic E-state index is 11.8. The second kappa shape index (κ2) is 60.2. The summed E-state index contributed by atoms with van der Waals surface area (Å²) < 4.78 is 5.41. The molecule has 4 nitrogen and oxygen atoms in total. The van der Waals surface area contributed by atoms with Gasteiger partial charge in [0.25, 0.3) is 0 Å². The van der Waals surface area contributed by atoms with E-state index in [1.165, 1.54) is 289 Å². The van der Waals surface area contributed by atoms with Crippen LogP contribution in [-0.4, -0.2) is 23.7 Å². The fraction of sp³-hybridized carbons (Fsp3) is 0.969. The van der Waals surface area contributed by atoms with Crippen LogP contribution in [0.15, 0.2) is 0 Å². The molecule has 0 aliphatic carbocycles. The molecule has 0 saturated carbocycles. The lowest BCUT2D eigenvalue weighted by Crippen LogP contribution is -2.13. The van der Waals surface area contributed by atoms with Crippen LogP contribution in [-0.2, 0) is 14.3 Å². The topological polar surface area (TPSA) is 63.6 Å². The number of carboxylic acids is 1. The van der Waals surface area contributed by atoms with Gasteiger partial charge in [-0.1, -0.05) is 343 Å². The van der Waals surface area contributed by atoms with E-state index in [1.54, 1.807) is 0 Å². The summed E-state index contributed by atoms with van der Waals surface area (Å²) in [6, 6.07) is 0. The molecular weight excluding hydrogens is 833 g/mol. The Morgan fingerprint density at radius 2 is 0.529 bits per heavy atom. The molecular formula is C64H128O4. The van der Waals surface area contributed by atoms with Crippen molar-refractivity contribution in [1.29, 1.82) is 0 Å². The number of carbonyl (C=O) groups is 2. The van der Waals surface area contributed by atoms with E-state index >= 15 is 0 Å². The van der Waals surface area contributed by atoms with Crippen LogP contribution < -0.4 is 0 Å². The Labute approximate surface area is 429 Å². The van der Waals surface area contributed by atoms with Gasteiger partial charge >= 0.3 is 11.9 Å². The Kier molecular flexibility index (Phi) is 61.1. The predicted molar refractivity (Wildman–Crippen MR) is 303 cm³/mol. The van der Waals surface area contributed by atoms with Gasteiger partial charge in [-0.2, -0.15) is 0 Å². The van der Waals surface area contributed by atoms with Crippen LogP contribution in [0.5, 0.6) is 0 Å². The number of carboxylic acid groups (broad SMARTS) is 1. The van der Waals surface area contributed by atoms with Crippen LogP contribution in [0.25, 0.3) is 0 Å². The van der Waals surface area contributed by atoms with Crippen molar-refractivity contribution in [1.82, 2.24) is 0 Å². The average Bonchev–Trinajstić information content (AvgIpc) is 3.31. The van der Waals surface area contributed by atoms with Crippen molar-refractivity contribution in [2.24, 2.45) is 17.8 Å². The van der Waals surface area contributed by atoms with Crippen LogP contribution in [0.4, 0.5) is 0 Å². The first-order valence-corrected chi connectivity index (χ1v) is 31.6. The molecule has 1 N–H and O–H groups in total. The third kappa shape index (κ3) is 63.0. The molecule has 0 radical (unpaired) electrons. The van der Waals surface area contributed by atoms with Gasteiger partial charge in [0.2, 0.25) is 0 Å². The number of hydrogen-bond acceptors (Lipinski definition) is 3. The number of carbonyl (C=O) groups excluding carboxylic acids is 1. The molecule has 0 bridgehead atoms. The molecule has 0 amide bonds. The van der Waals surface area contributed by atoms with E-state index in [1.807, 2.05) is 0 Å². The number of unbranched alkanes of at least 4 members (excludes halogenated alkanes) is 43. The van der Waals surface area contributed by atoms with Crippen LogP contribution in [0.2, 0.25) is 0 Å². The number of esters is 1. The van der Waals surface area contributed by atoms with Crippen molar-refractivity contribution in [2.75, 3.05) is 6.61 Å². The van der Waals surface area contributed by atoms with Crippen molar-refractivity contribution in [2.45, 2.75) is 375 Å². The molecule has 0 saturated heterocycles. The van der Waals surface area contributed by atoms with Gasteiger partial charge in [-0.05, 0) is 37.5 Å². The summed E-state index contributed by atoms with van der Waals surface area (Å²) in [5, 5.41) is 9.54. The number of hydrogen-bond donors (Lipinski definition) is 1. The second-order valence-electron chi connectivity index (χ2n) is 22.9. The summed E-state index contributed by atoms with van der Waals surface area (Å²) in [4.78, 5) is 23.4. The fourth-order valence-corrected chi connectivity index (χ4v) is 9.95. The van der Waals surface area contributed by atoms with E-state index in [0.29, 0.717) is 13.0 Å². The number of aliphatic carboxylic acids is 1. The molecule has 0 aromatic rings. The minimum Gasteiger partial charge on any atom is -0.481 e. The highest BCUT2D eigenvalue weighted by Crippen LogP contribution is 2.21. The Hall–Kier alpha value is -1.06. The maximum Gasteiger partial charge on any atom is 0.306 e. The van der Waals surface area contributed by atoms with Gasteiger partial charge in [0.05, 0.1) is 12.5 Å². The average molecular weight is 962 g/mol. The van der Waals surface area contributed by atoms with Gasteiger partial charge in [-0.15, -0.1) is 0 Å². The smallest absolute Gasteiger partial charge is 0.306 e. The van der Waals surface area contributed by atoms with Gasteiger partial charge in [0.15, 0.2) is 0 Å². The third-order valence-corrected chi connectivity index (χ3v) is 14.8. The first-order valence-electron chi connectivity index (χ1n) is 31.6. The van der Waals surface area contributed by atoms with E-state index in [2.05, 4.69) is 41.5 Å². The molecule has 0 heterocycles. The minimum absolute atomic E-state index is 0.0239. The lowest BCUT2D eigenvalue weighted by Gasteiger charge is -2.12. The minimum atomic E-state index is -0.559. The Balaban J connectivity index is 0. The largest absolute Gasteiger partial charge is 0.481 e. The zero-order chi connectivity index (χ0) is 50.1. The summed E-state index contributed by atoms with van der Waals surface area (Å²) in [6.45, 7) is 14.5. The molecule has 68 heavy (non-hydrogen) atoms.